The van der Waals surface area contributed by atoms with Crippen molar-refractivity contribution in [2.75, 3.05) is 11.9 Å². The van der Waals surface area contributed by atoms with E-state index in [4.69, 9.17) is 9.16 Å². The van der Waals surface area contributed by atoms with Crippen LogP contribution in [0.2, 0.25) is 18.1 Å². The smallest absolute Gasteiger partial charge is 0.192 e. The van der Waals surface area contributed by atoms with Crippen LogP contribution in [-0.4, -0.2) is 32.5 Å². The zero-order valence-corrected chi connectivity index (χ0v) is 16.8. The van der Waals surface area contributed by atoms with Gasteiger partial charge in [-0.25, -0.2) is 0 Å². The maximum Gasteiger partial charge on any atom is 0.192 e. The lowest BCUT2D eigenvalue weighted by atomic mass is 10.2. The van der Waals surface area contributed by atoms with E-state index in [1.807, 2.05) is 0 Å². The molecule has 0 unspecified atom stereocenters. The zero-order valence-electron chi connectivity index (χ0n) is 14.2. The first-order valence-electron chi connectivity index (χ1n) is 7.93. The van der Waals surface area contributed by atoms with Gasteiger partial charge in [-0.05, 0) is 37.4 Å². The standard InChI is InChI=1S/C17H31BrO2Si/c1-17(2,3)21(4,5)19-14-16-15(20-16)12-10-8-6-7-9-11-13-18/h7-10,15-16H,6,11-14H2,1-5H3/b9-7-,10-8-/t15-,16+/m0/s1. The Labute approximate surface area is 140 Å². The molecule has 0 radical (unpaired) electrons. The van der Waals surface area contributed by atoms with E-state index < -0.39 is 8.32 Å². The highest BCUT2D eigenvalue weighted by molar-refractivity contribution is 9.09. The van der Waals surface area contributed by atoms with E-state index in [-0.39, 0.29) is 5.04 Å². The van der Waals surface area contributed by atoms with E-state index >= 15 is 0 Å². The summed E-state index contributed by atoms with van der Waals surface area (Å²) in [4.78, 5) is 0. The SMILES string of the molecule is CC(C)(C)[Si](C)(C)OC[C@H]1O[C@H]1C/C=C\C/C=C\CCBr. The van der Waals surface area contributed by atoms with Gasteiger partial charge in [0.05, 0.1) is 12.7 Å². The lowest BCUT2D eigenvalue weighted by molar-refractivity contribution is 0.241. The molecule has 0 aliphatic carbocycles. The zero-order chi connectivity index (χ0) is 15.9. The first-order chi connectivity index (χ1) is 9.78. The van der Waals surface area contributed by atoms with Gasteiger partial charge in [0.1, 0.15) is 6.10 Å². The molecule has 1 fully saturated rings. The van der Waals surface area contributed by atoms with E-state index in [1.165, 1.54) is 0 Å². The molecular formula is C17H31BrO2Si. The molecular weight excluding hydrogens is 344 g/mol. The summed E-state index contributed by atoms with van der Waals surface area (Å²) in [7, 11) is -1.63. The van der Waals surface area contributed by atoms with Crippen LogP contribution in [0.25, 0.3) is 0 Å². The number of allylic oxidation sites excluding steroid dienone is 3. The number of alkyl halides is 1. The Morgan fingerprint density at radius 2 is 1.76 bits per heavy atom. The van der Waals surface area contributed by atoms with Crippen molar-refractivity contribution < 1.29 is 9.16 Å². The average Bonchev–Trinajstić information content (AvgIpc) is 3.13. The Kier molecular flexibility index (Phi) is 7.89. The monoisotopic (exact) mass is 374 g/mol. The van der Waals surface area contributed by atoms with Crippen LogP contribution in [0.3, 0.4) is 0 Å². The predicted molar refractivity (Wildman–Crippen MR) is 97.7 cm³/mol. The second-order valence-electron chi connectivity index (χ2n) is 7.18. The van der Waals surface area contributed by atoms with Gasteiger partial charge in [0, 0.05) is 5.33 Å². The van der Waals surface area contributed by atoms with Gasteiger partial charge in [0.15, 0.2) is 8.32 Å². The minimum Gasteiger partial charge on any atom is -0.414 e. The highest BCUT2D eigenvalue weighted by Gasteiger charge is 2.42. The Morgan fingerprint density at radius 1 is 1.10 bits per heavy atom. The third kappa shape index (κ3) is 7.27. The van der Waals surface area contributed by atoms with Gasteiger partial charge in [-0.2, -0.15) is 0 Å². The number of epoxide rings is 1. The van der Waals surface area contributed by atoms with Gasteiger partial charge in [-0.3, -0.25) is 0 Å². The van der Waals surface area contributed by atoms with Gasteiger partial charge in [-0.15, -0.1) is 0 Å². The molecule has 1 aliphatic rings. The lowest BCUT2D eigenvalue weighted by Gasteiger charge is -2.36. The maximum atomic E-state index is 6.19. The summed E-state index contributed by atoms with van der Waals surface area (Å²) >= 11 is 3.41. The molecule has 0 aromatic heterocycles. The highest BCUT2D eigenvalue weighted by atomic mass is 79.9. The molecule has 2 nitrogen and oxygen atoms in total. The molecule has 1 rings (SSSR count). The molecule has 4 heteroatoms. The summed E-state index contributed by atoms with van der Waals surface area (Å²) in [6, 6.07) is 0. The number of rotatable bonds is 9. The van der Waals surface area contributed by atoms with E-state index in [0.717, 1.165) is 31.2 Å². The van der Waals surface area contributed by atoms with Crippen molar-refractivity contribution in [3.63, 3.8) is 0 Å². The Hall–Kier alpha value is 0.0969. The van der Waals surface area contributed by atoms with Crippen LogP contribution >= 0.6 is 15.9 Å². The normalized spacial score (nSPS) is 23.3. The highest BCUT2D eigenvalue weighted by Crippen LogP contribution is 2.38. The minimum absolute atomic E-state index is 0.277. The van der Waals surface area contributed by atoms with Crippen LogP contribution in [0.1, 0.15) is 40.0 Å². The second kappa shape index (κ2) is 8.66. The molecule has 0 bridgehead atoms. The van der Waals surface area contributed by atoms with Crippen LogP contribution in [0.4, 0.5) is 0 Å². The number of hydrogen-bond acceptors (Lipinski definition) is 2. The molecule has 122 valence electrons. The summed E-state index contributed by atoms with van der Waals surface area (Å²) in [5, 5.41) is 1.32. The molecule has 21 heavy (non-hydrogen) atoms. The molecule has 1 heterocycles. The molecule has 1 saturated heterocycles. The van der Waals surface area contributed by atoms with E-state index in [9.17, 15) is 0 Å². The largest absolute Gasteiger partial charge is 0.414 e. The summed E-state index contributed by atoms with van der Waals surface area (Å²) in [5.41, 5.74) is 0. The van der Waals surface area contributed by atoms with Gasteiger partial charge in [0.25, 0.3) is 0 Å². The third-order valence-electron chi connectivity index (χ3n) is 4.35. The number of ether oxygens (including phenoxy) is 1. The molecule has 0 aromatic carbocycles. The van der Waals surface area contributed by atoms with Gasteiger partial charge < -0.3 is 9.16 Å². The van der Waals surface area contributed by atoms with E-state index in [1.54, 1.807) is 0 Å². The Balaban J connectivity index is 2.14. The number of halogens is 1. The summed E-state index contributed by atoms with van der Waals surface area (Å²) in [5.74, 6) is 0. The third-order valence-corrected chi connectivity index (χ3v) is 9.31. The molecule has 0 aromatic rings. The van der Waals surface area contributed by atoms with Crippen molar-refractivity contribution in [2.24, 2.45) is 0 Å². The molecule has 1 aliphatic heterocycles. The van der Waals surface area contributed by atoms with Crippen LogP contribution in [-0.2, 0) is 9.16 Å². The van der Waals surface area contributed by atoms with Crippen molar-refractivity contribution in [1.29, 1.82) is 0 Å². The maximum absolute atomic E-state index is 6.19. The second-order valence-corrected chi connectivity index (χ2v) is 12.8. The lowest BCUT2D eigenvalue weighted by Crippen LogP contribution is -2.41. The van der Waals surface area contributed by atoms with Crippen LogP contribution < -0.4 is 0 Å². The fourth-order valence-electron chi connectivity index (χ4n) is 1.72. The van der Waals surface area contributed by atoms with Crippen molar-refractivity contribution in [3.05, 3.63) is 24.3 Å². The fourth-order valence-corrected chi connectivity index (χ4v) is 3.00. The van der Waals surface area contributed by atoms with Gasteiger partial charge in [0.2, 0.25) is 0 Å². The topological polar surface area (TPSA) is 21.8 Å². The molecule has 0 N–H and O–H groups in total. The van der Waals surface area contributed by atoms with Crippen LogP contribution in [0.5, 0.6) is 0 Å². The molecule has 0 spiro atoms. The summed E-state index contributed by atoms with van der Waals surface area (Å²) in [6.07, 6.45) is 12.7. The van der Waals surface area contributed by atoms with Crippen LogP contribution in [0.15, 0.2) is 24.3 Å². The molecule has 2 atom stereocenters. The van der Waals surface area contributed by atoms with Crippen molar-refractivity contribution in [3.8, 4) is 0 Å². The van der Waals surface area contributed by atoms with Gasteiger partial charge in [-0.1, -0.05) is 61.0 Å². The predicted octanol–water partition coefficient (Wildman–Crippen LogP) is 5.45. The first-order valence-corrected chi connectivity index (χ1v) is 12.0. The fraction of sp³-hybridized carbons (Fsp3) is 0.765. The number of hydrogen-bond donors (Lipinski definition) is 0. The summed E-state index contributed by atoms with van der Waals surface area (Å²) < 4.78 is 11.9. The molecule has 0 amide bonds. The first kappa shape index (κ1) is 19.1. The Bertz CT molecular complexity index is 358. The van der Waals surface area contributed by atoms with Crippen LogP contribution in [0, 0.1) is 0 Å². The van der Waals surface area contributed by atoms with Crippen molar-refractivity contribution in [2.45, 2.75) is 70.4 Å². The minimum atomic E-state index is -1.63. The summed E-state index contributed by atoms with van der Waals surface area (Å²) in [6.45, 7) is 12.2. The average molecular weight is 375 g/mol. The van der Waals surface area contributed by atoms with E-state index in [2.05, 4.69) is 74.1 Å². The Morgan fingerprint density at radius 3 is 2.38 bits per heavy atom. The van der Waals surface area contributed by atoms with Crippen molar-refractivity contribution >= 4 is 24.2 Å². The van der Waals surface area contributed by atoms with E-state index in [0.29, 0.717) is 12.2 Å². The molecule has 0 saturated carbocycles. The van der Waals surface area contributed by atoms with Crippen molar-refractivity contribution in [1.82, 2.24) is 0 Å². The quantitative estimate of drug-likeness (QED) is 0.231. The van der Waals surface area contributed by atoms with Gasteiger partial charge >= 0.3 is 0 Å².